The van der Waals surface area contributed by atoms with Gasteiger partial charge in [-0.25, -0.2) is 23.5 Å². The topological polar surface area (TPSA) is 48.9 Å². The smallest absolute Gasteiger partial charge is 0.245 e. The highest BCUT2D eigenvalue weighted by Gasteiger charge is 2.56. The molecule has 6 rings (SSSR count). The van der Waals surface area contributed by atoms with Gasteiger partial charge in [-0.2, -0.15) is 0 Å². The molecule has 0 unspecified atom stereocenters. The molecule has 0 amide bonds. The van der Waals surface area contributed by atoms with E-state index < -0.39 is 0 Å². The van der Waals surface area contributed by atoms with Crippen LogP contribution in [0.4, 0.5) is 0 Å². The van der Waals surface area contributed by atoms with Crippen molar-refractivity contribution in [2.24, 2.45) is 11.8 Å². The van der Waals surface area contributed by atoms with Crippen LogP contribution in [0.5, 0.6) is 0 Å². The molecule has 1 saturated carbocycles. The van der Waals surface area contributed by atoms with Crippen LogP contribution >= 0.6 is 0 Å². The first-order chi connectivity index (χ1) is 9.77. The first-order valence-electron chi connectivity index (χ1n) is 6.97. The van der Waals surface area contributed by atoms with Crippen molar-refractivity contribution in [2.45, 2.75) is 18.5 Å². The van der Waals surface area contributed by atoms with Crippen LogP contribution in [0.25, 0.3) is 5.69 Å². The molecule has 3 heterocycles. The summed E-state index contributed by atoms with van der Waals surface area (Å²) < 4.78 is 4.61. The number of nitrogens with zero attached hydrogens (tertiary/aromatic N) is 3. The van der Waals surface area contributed by atoms with Crippen LogP contribution < -0.4 is 11.4 Å². The molecule has 2 aliphatic carbocycles. The van der Waals surface area contributed by atoms with Crippen LogP contribution in [0.1, 0.15) is 18.5 Å². The molecule has 1 fully saturated rings. The zero-order valence-electron chi connectivity index (χ0n) is 10.7. The molecule has 5 heteroatoms. The Balaban J connectivity index is 1.84. The maximum absolute atomic E-state index is 12.7. The standard InChI is InChI=1S/C15H13N3O2/c19-14-16(9-4-2-1-3-5-9)15(20)18-13-7-6-12(17(14)18)10-8-11(10)13/h1-7,10-13H,8H2/t10-,11+,12-,13-/m0/s1. The van der Waals surface area contributed by atoms with E-state index >= 15 is 0 Å². The van der Waals surface area contributed by atoms with E-state index in [9.17, 15) is 9.59 Å². The first kappa shape index (κ1) is 10.5. The van der Waals surface area contributed by atoms with Crippen molar-refractivity contribution in [1.82, 2.24) is 13.9 Å². The molecule has 1 aromatic carbocycles. The number of rotatable bonds is 1. The van der Waals surface area contributed by atoms with Gasteiger partial charge in [0.15, 0.2) is 0 Å². The highest BCUT2D eigenvalue weighted by Crippen LogP contribution is 2.58. The van der Waals surface area contributed by atoms with Crippen LogP contribution in [0.3, 0.4) is 0 Å². The third kappa shape index (κ3) is 1.06. The second-order valence-corrected chi connectivity index (χ2v) is 5.85. The molecule has 0 N–H and O–H groups in total. The number of allylic oxidation sites excluding steroid dienone is 2. The Bertz CT molecular complexity index is 806. The summed E-state index contributed by atoms with van der Waals surface area (Å²) in [5.41, 5.74) is 0.210. The lowest BCUT2D eigenvalue weighted by molar-refractivity contribution is 0.243. The average molecular weight is 267 g/mol. The molecule has 5 nitrogen and oxygen atoms in total. The van der Waals surface area contributed by atoms with Gasteiger partial charge in [0.25, 0.3) is 0 Å². The lowest BCUT2D eigenvalue weighted by atomic mass is 9.96. The van der Waals surface area contributed by atoms with E-state index in [2.05, 4.69) is 12.2 Å². The van der Waals surface area contributed by atoms with Gasteiger partial charge < -0.3 is 0 Å². The molecule has 4 atom stereocenters. The van der Waals surface area contributed by atoms with Crippen LogP contribution in [0.15, 0.2) is 52.1 Å². The highest BCUT2D eigenvalue weighted by molar-refractivity contribution is 5.31. The van der Waals surface area contributed by atoms with Crippen molar-refractivity contribution in [3.8, 4) is 5.69 Å². The Morgan fingerprint density at radius 3 is 1.95 bits per heavy atom. The van der Waals surface area contributed by atoms with Gasteiger partial charge in [-0.1, -0.05) is 30.4 Å². The number of hydrogen-bond acceptors (Lipinski definition) is 2. The summed E-state index contributed by atoms with van der Waals surface area (Å²) in [5, 5.41) is 0. The van der Waals surface area contributed by atoms with Crippen LogP contribution in [-0.4, -0.2) is 13.9 Å². The van der Waals surface area contributed by atoms with Crippen molar-refractivity contribution < 1.29 is 0 Å². The van der Waals surface area contributed by atoms with Gasteiger partial charge in [0, 0.05) is 0 Å². The zero-order chi connectivity index (χ0) is 13.4. The van der Waals surface area contributed by atoms with E-state index in [1.807, 2.05) is 18.2 Å². The van der Waals surface area contributed by atoms with Crippen LogP contribution in [0, 0.1) is 11.8 Å². The monoisotopic (exact) mass is 267 g/mol. The van der Waals surface area contributed by atoms with Crippen molar-refractivity contribution in [2.75, 3.05) is 0 Å². The van der Waals surface area contributed by atoms with Gasteiger partial charge >= 0.3 is 11.4 Å². The SMILES string of the molecule is O=c1n(-c2ccccc2)c(=O)n2n1[C@H]1C=C[C@H]2[C@H]2C[C@H]21. The van der Waals surface area contributed by atoms with Gasteiger partial charge in [-0.3, -0.25) is 0 Å². The Kier molecular flexibility index (Phi) is 1.69. The molecule has 2 bridgehead atoms. The minimum atomic E-state index is -0.217. The lowest BCUT2D eigenvalue weighted by Gasteiger charge is -2.32. The summed E-state index contributed by atoms with van der Waals surface area (Å²) in [6.45, 7) is 0. The van der Waals surface area contributed by atoms with Crippen molar-refractivity contribution in [3.63, 3.8) is 0 Å². The molecular weight excluding hydrogens is 254 g/mol. The van der Waals surface area contributed by atoms with E-state index in [0.717, 1.165) is 6.42 Å². The number of benzene rings is 1. The van der Waals surface area contributed by atoms with E-state index in [1.165, 1.54) is 4.57 Å². The van der Waals surface area contributed by atoms with Gasteiger partial charge in [0.1, 0.15) is 0 Å². The molecular formula is C15H13N3O2. The Morgan fingerprint density at radius 1 is 0.850 bits per heavy atom. The highest BCUT2D eigenvalue weighted by atomic mass is 16.2. The largest absolute Gasteiger partial charge is 0.352 e. The number of aromatic nitrogens is 3. The van der Waals surface area contributed by atoms with Crippen LogP contribution in [0.2, 0.25) is 0 Å². The summed E-state index contributed by atoms with van der Waals surface area (Å²) in [6, 6.07) is 9.28. The summed E-state index contributed by atoms with van der Waals surface area (Å²) in [6.07, 6.45) is 5.31. The summed E-state index contributed by atoms with van der Waals surface area (Å²) in [5.74, 6) is 1.10. The molecule has 2 aromatic rings. The molecule has 0 spiro atoms. The molecule has 20 heavy (non-hydrogen) atoms. The summed E-state index contributed by atoms with van der Waals surface area (Å²) in [7, 11) is 0. The molecule has 0 radical (unpaired) electrons. The fraction of sp³-hybridized carbons (Fsp3) is 0.333. The van der Waals surface area contributed by atoms with Gasteiger partial charge in [0.2, 0.25) is 0 Å². The minimum Gasteiger partial charge on any atom is -0.245 e. The fourth-order valence-electron chi connectivity index (χ4n) is 3.87. The van der Waals surface area contributed by atoms with Crippen molar-refractivity contribution in [1.29, 1.82) is 0 Å². The van der Waals surface area contributed by atoms with E-state index in [1.54, 1.807) is 21.5 Å². The van der Waals surface area contributed by atoms with Gasteiger partial charge in [-0.15, -0.1) is 0 Å². The zero-order valence-corrected chi connectivity index (χ0v) is 10.7. The molecule has 100 valence electrons. The third-order valence-corrected chi connectivity index (χ3v) is 4.86. The predicted octanol–water partition coefficient (Wildman–Crippen LogP) is 1.10. The Hall–Kier alpha value is -2.30. The minimum absolute atomic E-state index is 0.0650. The Labute approximate surface area is 114 Å². The lowest BCUT2D eigenvalue weighted by Crippen LogP contribution is -2.40. The second kappa shape index (κ2) is 3.23. The molecule has 4 aliphatic rings. The maximum Gasteiger partial charge on any atom is 0.352 e. The van der Waals surface area contributed by atoms with E-state index in [-0.39, 0.29) is 23.5 Å². The van der Waals surface area contributed by atoms with Crippen molar-refractivity contribution in [3.05, 3.63) is 63.5 Å². The summed E-state index contributed by atoms with van der Waals surface area (Å²) in [4.78, 5) is 25.3. The summed E-state index contributed by atoms with van der Waals surface area (Å²) >= 11 is 0. The molecule has 0 saturated heterocycles. The molecule has 1 aromatic heterocycles. The number of hydrogen-bond donors (Lipinski definition) is 0. The van der Waals surface area contributed by atoms with E-state index in [4.69, 9.17) is 0 Å². The normalized spacial score (nSPS) is 32.0. The predicted molar refractivity (Wildman–Crippen MR) is 73.1 cm³/mol. The Morgan fingerprint density at radius 2 is 1.40 bits per heavy atom. The third-order valence-electron chi connectivity index (χ3n) is 4.86. The average Bonchev–Trinajstić information content (AvgIpc) is 3.25. The first-order valence-corrected chi connectivity index (χ1v) is 6.97. The van der Waals surface area contributed by atoms with Gasteiger partial charge in [-0.05, 0) is 30.4 Å². The second-order valence-electron chi connectivity index (χ2n) is 5.85. The quantitative estimate of drug-likeness (QED) is 0.727. The van der Waals surface area contributed by atoms with Crippen LogP contribution in [-0.2, 0) is 0 Å². The maximum atomic E-state index is 12.7. The van der Waals surface area contributed by atoms with E-state index in [0.29, 0.717) is 17.5 Å². The van der Waals surface area contributed by atoms with Crippen molar-refractivity contribution >= 4 is 0 Å². The van der Waals surface area contributed by atoms with Gasteiger partial charge in [0.05, 0.1) is 17.8 Å². The number of para-hydroxylation sites is 1. The fourth-order valence-corrected chi connectivity index (χ4v) is 3.87. The molecule has 2 aliphatic heterocycles.